The minimum atomic E-state index is -0.572. The van der Waals surface area contributed by atoms with Crippen LogP contribution < -0.4 is 11.1 Å². The second kappa shape index (κ2) is 7.61. The van der Waals surface area contributed by atoms with E-state index in [1.54, 1.807) is 0 Å². The van der Waals surface area contributed by atoms with Gasteiger partial charge < -0.3 is 11.1 Å². The molecule has 0 aliphatic carbocycles. The number of nitro benzene ring substituents is 1. The molecule has 1 aromatic carbocycles. The Hall–Kier alpha value is -2.11. The van der Waals surface area contributed by atoms with E-state index in [-0.39, 0.29) is 17.3 Å². The van der Waals surface area contributed by atoms with Crippen molar-refractivity contribution in [3.63, 3.8) is 0 Å². The molecule has 0 saturated carbocycles. The third-order valence-electron chi connectivity index (χ3n) is 3.26. The second-order valence-electron chi connectivity index (χ2n) is 5.73. The lowest BCUT2D eigenvalue weighted by Crippen LogP contribution is -2.33. The maximum absolute atomic E-state index is 12.2. The van der Waals surface area contributed by atoms with Crippen LogP contribution in [-0.2, 0) is 0 Å². The number of hydrogen-bond donors (Lipinski definition) is 2. The van der Waals surface area contributed by atoms with E-state index in [0.717, 1.165) is 19.3 Å². The number of carbonyl (C=O) groups is 1. The fourth-order valence-electron chi connectivity index (χ4n) is 2.10. The standard InChI is InChI=1S/C15H23N3O3/c1-10(2)5-4-6-11(3)17-15(19)13-9-12(16)7-8-14(13)18(20)21/h7-11H,4-6,16H2,1-3H3,(H,17,19). The zero-order valence-corrected chi connectivity index (χ0v) is 12.8. The quantitative estimate of drug-likeness (QED) is 0.458. The van der Waals surface area contributed by atoms with Crippen molar-refractivity contribution >= 4 is 17.3 Å². The van der Waals surface area contributed by atoms with Crippen molar-refractivity contribution in [2.75, 3.05) is 5.73 Å². The van der Waals surface area contributed by atoms with Gasteiger partial charge >= 0.3 is 0 Å². The smallest absolute Gasteiger partial charge is 0.282 e. The Bertz CT molecular complexity index is 515. The second-order valence-corrected chi connectivity index (χ2v) is 5.73. The molecule has 21 heavy (non-hydrogen) atoms. The van der Waals surface area contributed by atoms with Crippen molar-refractivity contribution in [1.82, 2.24) is 5.32 Å². The van der Waals surface area contributed by atoms with Gasteiger partial charge in [-0.2, -0.15) is 0 Å². The average molecular weight is 293 g/mol. The molecular weight excluding hydrogens is 270 g/mol. The van der Waals surface area contributed by atoms with Crippen LogP contribution in [0.15, 0.2) is 18.2 Å². The van der Waals surface area contributed by atoms with Crippen LogP contribution in [0.5, 0.6) is 0 Å². The van der Waals surface area contributed by atoms with Gasteiger partial charge in [0.15, 0.2) is 0 Å². The molecule has 6 nitrogen and oxygen atoms in total. The molecule has 0 aromatic heterocycles. The third-order valence-corrected chi connectivity index (χ3v) is 3.26. The van der Waals surface area contributed by atoms with Crippen LogP contribution in [0.2, 0.25) is 0 Å². The van der Waals surface area contributed by atoms with Gasteiger partial charge in [0.25, 0.3) is 11.6 Å². The summed E-state index contributed by atoms with van der Waals surface area (Å²) in [4.78, 5) is 22.5. The zero-order valence-electron chi connectivity index (χ0n) is 12.8. The summed E-state index contributed by atoms with van der Waals surface area (Å²) in [6.45, 7) is 6.20. The average Bonchev–Trinajstić information content (AvgIpc) is 2.37. The van der Waals surface area contributed by atoms with Crippen molar-refractivity contribution in [1.29, 1.82) is 0 Å². The number of nitrogens with zero attached hydrogens (tertiary/aromatic N) is 1. The van der Waals surface area contributed by atoms with E-state index < -0.39 is 10.8 Å². The molecule has 1 aromatic rings. The summed E-state index contributed by atoms with van der Waals surface area (Å²) >= 11 is 0. The topological polar surface area (TPSA) is 98.3 Å². The van der Waals surface area contributed by atoms with Crippen LogP contribution in [-0.4, -0.2) is 16.9 Å². The highest BCUT2D eigenvalue weighted by Gasteiger charge is 2.21. The van der Waals surface area contributed by atoms with E-state index in [9.17, 15) is 14.9 Å². The van der Waals surface area contributed by atoms with Crippen LogP contribution in [0.25, 0.3) is 0 Å². The number of carbonyl (C=O) groups excluding carboxylic acids is 1. The van der Waals surface area contributed by atoms with Crippen molar-refractivity contribution in [2.45, 2.75) is 46.1 Å². The summed E-state index contributed by atoms with van der Waals surface area (Å²) in [5, 5.41) is 13.7. The fraction of sp³-hybridized carbons (Fsp3) is 0.533. The van der Waals surface area contributed by atoms with Crippen LogP contribution in [0.1, 0.15) is 50.4 Å². The SMILES string of the molecule is CC(C)CCCC(C)NC(=O)c1cc(N)ccc1[N+](=O)[O-]. The van der Waals surface area contributed by atoms with Gasteiger partial charge in [-0.3, -0.25) is 14.9 Å². The summed E-state index contributed by atoms with van der Waals surface area (Å²) in [7, 11) is 0. The van der Waals surface area contributed by atoms with Crippen molar-refractivity contribution in [3.05, 3.63) is 33.9 Å². The number of nitro groups is 1. The highest BCUT2D eigenvalue weighted by Crippen LogP contribution is 2.21. The number of nitrogens with one attached hydrogen (secondary N) is 1. The number of rotatable bonds is 7. The maximum atomic E-state index is 12.2. The molecule has 0 heterocycles. The first kappa shape index (κ1) is 16.9. The van der Waals surface area contributed by atoms with E-state index in [2.05, 4.69) is 19.2 Å². The van der Waals surface area contributed by atoms with Crippen molar-refractivity contribution in [2.24, 2.45) is 5.92 Å². The van der Waals surface area contributed by atoms with Gasteiger partial charge in [0.05, 0.1) is 4.92 Å². The lowest BCUT2D eigenvalue weighted by molar-refractivity contribution is -0.385. The summed E-state index contributed by atoms with van der Waals surface area (Å²) < 4.78 is 0. The molecule has 0 saturated heterocycles. The molecule has 116 valence electrons. The van der Waals surface area contributed by atoms with Gasteiger partial charge in [0.2, 0.25) is 0 Å². The molecular formula is C15H23N3O3. The number of hydrogen-bond acceptors (Lipinski definition) is 4. The van der Waals surface area contributed by atoms with Crippen molar-refractivity contribution < 1.29 is 9.72 Å². The van der Waals surface area contributed by atoms with Gasteiger partial charge in [-0.15, -0.1) is 0 Å². The molecule has 1 rings (SSSR count). The van der Waals surface area contributed by atoms with Gasteiger partial charge in [-0.1, -0.05) is 26.7 Å². The molecule has 1 unspecified atom stereocenters. The Morgan fingerprint density at radius 3 is 2.57 bits per heavy atom. The molecule has 0 aliphatic heterocycles. The van der Waals surface area contributed by atoms with E-state index in [0.29, 0.717) is 11.6 Å². The van der Waals surface area contributed by atoms with Crippen LogP contribution in [0.3, 0.4) is 0 Å². The molecule has 0 aliphatic rings. The van der Waals surface area contributed by atoms with E-state index in [1.165, 1.54) is 18.2 Å². The first-order valence-electron chi connectivity index (χ1n) is 7.16. The van der Waals surface area contributed by atoms with Gasteiger partial charge in [-0.25, -0.2) is 0 Å². The minimum absolute atomic E-state index is 0.00992. The number of nitrogens with two attached hydrogens (primary N) is 1. The lowest BCUT2D eigenvalue weighted by Gasteiger charge is -2.14. The van der Waals surface area contributed by atoms with Crippen LogP contribution >= 0.6 is 0 Å². The summed E-state index contributed by atoms with van der Waals surface area (Å²) in [5.41, 5.74) is 5.72. The maximum Gasteiger partial charge on any atom is 0.282 e. The van der Waals surface area contributed by atoms with E-state index in [1.807, 2.05) is 6.92 Å². The fourth-order valence-corrected chi connectivity index (χ4v) is 2.10. The number of benzene rings is 1. The highest BCUT2D eigenvalue weighted by molar-refractivity contribution is 5.99. The predicted molar refractivity (Wildman–Crippen MR) is 83.1 cm³/mol. The van der Waals surface area contributed by atoms with Crippen LogP contribution in [0.4, 0.5) is 11.4 Å². The summed E-state index contributed by atoms with van der Waals surface area (Å²) in [6, 6.07) is 3.99. The monoisotopic (exact) mass is 293 g/mol. The molecule has 0 radical (unpaired) electrons. The molecule has 0 bridgehead atoms. The Kier molecular flexibility index (Phi) is 6.14. The Labute approximate surface area is 124 Å². The zero-order chi connectivity index (χ0) is 16.0. The predicted octanol–water partition coefficient (Wildman–Crippen LogP) is 3.12. The van der Waals surface area contributed by atoms with Gasteiger partial charge in [0.1, 0.15) is 5.56 Å². The normalized spacial score (nSPS) is 12.2. The molecule has 1 amide bonds. The molecule has 0 spiro atoms. The van der Waals surface area contributed by atoms with Crippen LogP contribution in [0, 0.1) is 16.0 Å². The molecule has 0 fully saturated rings. The Balaban J connectivity index is 2.71. The number of nitrogen functional groups attached to an aromatic ring is 1. The minimum Gasteiger partial charge on any atom is -0.399 e. The lowest BCUT2D eigenvalue weighted by atomic mass is 10.0. The molecule has 6 heteroatoms. The molecule has 1 atom stereocenters. The summed E-state index contributed by atoms with van der Waals surface area (Å²) in [5.74, 6) is 0.175. The first-order valence-corrected chi connectivity index (χ1v) is 7.16. The summed E-state index contributed by atoms with van der Waals surface area (Å²) in [6.07, 6.45) is 2.96. The third kappa shape index (κ3) is 5.41. The van der Waals surface area contributed by atoms with Gasteiger partial charge in [-0.05, 0) is 31.4 Å². The van der Waals surface area contributed by atoms with Gasteiger partial charge in [0, 0.05) is 17.8 Å². The largest absolute Gasteiger partial charge is 0.399 e. The highest BCUT2D eigenvalue weighted by atomic mass is 16.6. The molecule has 3 N–H and O–H groups in total. The number of amides is 1. The Morgan fingerprint density at radius 1 is 1.33 bits per heavy atom. The number of anilines is 1. The van der Waals surface area contributed by atoms with Crippen molar-refractivity contribution in [3.8, 4) is 0 Å². The Morgan fingerprint density at radius 2 is 2.00 bits per heavy atom. The van der Waals surface area contributed by atoms with E-state index in [4.69, 9.17) is 5.73 Å². The van der Waals surface area contributed by atoms with E-state index >= 15 is 0 Å². The first-order chi connectivity index (χ1) is 9.81.